The number of hydrogen-bond acceptors (Lipinski definition) is 3. The number of thiocarbonyl (C=S) groups is 1. The highest BCUT2D eigenvalue weighted by Crippen LogP contribution is 2.33. The third-order valence-corrected chi connectivity index (χ3v) is 4.92. The van der Waals surface area contributed by atoms with Crippen LogP contribution in [0.5, 0.6) is 0 Å². The number of nitrogens with zero attached hydrogens (tertiary/aromatic N) is 3. The Balaban J connectivity index is 1.61. The molecule has 0 spiro atoms. The number of aromatic nitrogens is 1. The summed E-state index contributed by atoms with van der Waals surface area (Å²) in [6.45, 7) is 4.12. The lowest BCUT2D eigenvalue weighted by Gasteiger charge is -2.24. The molecule has 3 aliphatic rings. The second kappa shape index (κ2) is 6.52. The normalized spacial score (nSPS) is 25.6. The molecule has 0 aromatic carbocycles. The first-order valence-electron chi connectivity index (χ1n) is 7.73. The Morgan fingerprint density at radius 3 is 2.48 bits per heavy atom. The van der Waals surface area contributed by atoms with Crippen LogP contribution >= 0.6 is 12.2 Å². The highest BCUT2D eigenvalue weighted by Gasteiger charge is 2.30. The molecule has 21 heavy (non-hydrogen) atoms. The molecule has 0 unspecified atom stereocenters. The number of fused-ring (bicyclic) bond motifs is 4. The van der Waals surface area contributed by atoms with Gasteiger partial charge >= 0.3 is 0 Å². The first-order chi connectivity index (χ1) is 10.2. The molecule has 112 valence electrons. The summed E-state index contributed by atoms with van der Waals surface area (Å²) >= 11 is 5.52. The maximum atomic E-state index is 5.52. The molecule has 1 saturated carbocycles. The van der Waals surface area contributed by atoms with Gasteiger partial charge in [0.1, 0.15) is 0 Å². The Hall–Kier alpha value is -1.49. The van der Waals surface area contributed by atoms with Crippen LogP contribution in [0.15, 0.2) is 29.5 Å². The zero-order chi connectivity index (χ0) is 14.7. The molecule has 1 aromatic heterocycles. The molecule has 1 N–H and O–H groups in total. The van der Waals surface area contributed by atoms with Crippen molar-refractivity contribution in [3.05, 3.63) is 30.1 Å². The molecule has 1 aliphatic carbocycles. The average molecular weight is 302 g/mol. The number of hydrogen-bond donors (Lipinski definition) is 1. The van der Waals surface area contributed by atoms with Gasteiger partial charge in [0.15, 0.2) is 5.11 Å². The smallest absolute Gasteiger partial charge is 0.189 e. The van der Waals surface area contributed by atoms with E-state index >= 15 is 0 Å². The highest BCUT2D eigenvalue weighted by molar-refractivity contribution is 7.80. The Morgan fingerprint density at radius 1 is 1.24 bits per heavy atom. The van der Waals surface area contributed by atoms with Gasteiger partial charge in [0.2, 0.25) is 0 Å². The number of nitrogens with one attached hydrogen (secondary N) is 1. The van der Waals surface area contributed by atoms with Crippen molar-refractivity contribution in [3.8, 4) is 0 Å². The van der Waals surface area contributed by atoms with Gasteiger partial charge in [-0.3, -0.25) is 10.4 Å². The van der Waals surface area contributed by atoms with E-state index in [-0.39, 0.29) is 0 Å². The van der Waals surface area contributed by atoms with Crippen molar-refractivity contribution in [2.45, 2.75) is 32.6 Å². The zero-order valence-corrected chi connectivity index (χ0v) is 13.3. The molecule has 3 fully saturated rings. The van der Waals surface area contributed by atoms with E-state index in [1.807, 2.05) is 25.1 Å². The van der Waals surface area contributed by atoms with Crippen molar-refractivity contribution >= 4 is 23.0 Å². The molecule has 4 rings (SSSR count). The molecular weight excluding hydrogens is 280 g/mol. The molecule has 2 saturated heterocycles. The topological polar surface area (TPSA) is 40.5 Å². The Bertz CT molecular complexity index is 506. The maximum absolute atomic E-state index is 5.52. The van der Waals surface area contributed by atoms with Crippen LogP contribution in [-0.4, -0.2) is 33.8 Å². The number of pyridine rings is 1. The predicted molar refractivity (Wildman–Crippen MR) is 89.2 cm³/mol. The molecule has 0 atom stereocenters. The Labute approximate surface area is 131 Å². The van der Waals surface area contributed by atoms with Gasteiger partial charge in [0.05, 0.1) is 11.4 Å². The maximum Gasteiger partial charge on any atom is 0.189 e. The molecule has 2 bridgehead atoms. The van der Waals surface area contributed by atoms with E-state index in [9.17, 15) is 0 Å². The van der Waals surface area contributed by atoms with Gasteiger partial charge in [-0.15, -0.1) is 0 Å². The van der Waals surface area contributed by atoms with E-state index in [2.05, 4.69) is 20.4 Å². The molecule has 5 heteroatoms. The summed E-state index contributed by atoms with van der Waals surface area (Å²) in [5.41, 5.74) is 4.79. The van der Waals surface area contributed by atoms with Gasteiger partial charge in [0.25, 0.3) is 0 Å². The monoisotopic (exact) mass is 302 g/mol. The lowest BCUT2D eigenvalue weighted by atomic mass is 9.84. The standard InChI is InChI=1S/C16H22N4S/c1-12(15-4-2-3-9-17-15)18-19-16(21)20-10-13-5-6-14(11-20)8-7-13/h2-4,9,13-14H,5-8,10-11H2,1H3,(H,19,21)/b18-12-. The summed E-state index contributed by atoms with van der Waals surface area (Å²) in [7, 11) is 0. The van der Waals surface area contributed by atoms with Crippen LogP contribution in [0, 0.1) is 11.8 Å². The van der Waals surface area contributed by atoms with E-state index in [0.717, 1.165) is 41.4 Å². The summed E-state index contributed by atoms with van der Waals surface area (Å²) in [5, 5.41) is 5.15. The van der Waals surface area contributed by atoms with Crippen LogP contribution in [0.3, 0.4) is 0 Å². The molecule has 2 aliphatic heterocycles. The zero-order valence-electron chi connectivity index (χ0n) is 12.5. The van der Waals surface area contributed by atoms with Crippen LogP contribution in [0.4, 0.5) is 0 Å². The van der Waals surface area contributed by atoms with E-state index in [4.69, 9.17) is 12.2 Å². The van der Waals surface area contributed by atoms with Gasteiger partial charge in [-0.1, -0.05) is 6.07 Å². The summed E-state index contributed by atoms with van der Waals surface area (Å²) in [6, 6.07) is 5.82. The molecule has 0 radical (unpaired) electrons. The summed E-state index contributed by atoms with van der Waals surface area (Å²) in [6.07, 6.45) is 7.22. The van der Waals surface area contributed by atoms with Crippen molar-refractivity contribution in [2.75, 3.05) is 13.1 Å². The Kier molecular flexibility index (Phi) is 4.48. The van der Waals surface area contributed by atoms with Crippen LogP contribution in [0.25, 0.3) is 0 Å². The van der Waals surface area contributed by atoms with Crippen LogP contribution in [-0.2, 0) is 0 Å². The molecule has 3 heterocycles. The quantitative estimate of drug-likeness (QED) is 0.518. The van der Waals surface area contributed by atoms with Gasteiger partial charge in [-0.25, -0.2) is 0 Å². The number of hydrazone groups is 1. The largest absolute Gasteiger partial charge is 0.347 e. The van der Waals surface area contributed by atoms with Crippen molar-refractivity contribution < 1.29 is 0 Å². The van der Waals surface area contributed by atoms with Crippen LogP contribution in [0.1, 0.15) is 38.3 Å². The molecule has 1 aromatic rings. The fraction of sp³-hybridized carbons (Fsp3) is 0.562. The highest BCUT2D eigenvalue weighted by atomic mass is 32.1. The van der Waals surface area contributed by atoms with E-state index < -0.39 is 0 Å². The van der Waals surface area contributed by atoms with Crippen LogP contribution in [0.2, 0.25) is 0 Å². The fourth-order valence-electron chi connectivity index (χ4n) is 3.30. The minimum absolute atomic E-state index is 0.754. The second-order valence-corrected chi connectivity index (χ2v) is 6.51. The SMILES string of the molecule is C/C(=N/NC(=S)N1CC2CCC(CC2)C1)c1ccccn1. The van der Waals surface area contributed by atoms with E-state index in [1.54, 1.807) is 6.20 Å². The molecular formula is C16H22N4S. The van der Waals surface area contributed by atoms with E-state index in [1.165, 1.54) is 25.7 Å². The first kappa shape index (κ1) is 14.4. The van der Waals surface area contributed by atoms with Crippen molar-refractivity contribution in [2.24, 2.45) is 16.9 Å². The van der Waals surface area contributed by atoms with Crippen molar-refractivity contribution in [3.63, 3.8) is 0 Å². The predicted octanol–water partition coefficient (Wildman–Crippen LogP) is 2.80. The van der Waals surface area contributed by atoms with Gasteiger partial charge in [-0.05, 0) is 68.8 Å². The number of rotatable bonds is 2. The summed E-state index contributed by atoms with van der Waals surface area (Å²) in [5.74, 6) is 1.62. The van der Waals surface area contributed by atoms with Gasteiger partial charge in [-0.2, -0.15) is 5.10 Å². The lowest BCUT2D eigenvalue weighted by Crippen LogP contribution is -2.40. The second-order valence-electron chi connectivity index (χ2n) is 6.12. The molecule has 4 nitrogen and oxygen atoms in total. The molecule has 0 amide bonds. The van der Waals surface area contributed by atoms with Crippen molar-refractivity contribution in [1.29, 1.82) is 0 Å². The minimum Gasteiger partial charge on any atom is -0.347 e. The first-order valence-corrected chi connectivity index (χ1v) is 8.14. The summed E-state index contributed by atoms with van der Waals surface area (Å²) < 4.78 is 0. The third-order valence-electron chi connectivity index (χ3n) is 4.57. The average Bonchev–Trinajstić information content (AvgIpc) is 2.87. The minimum atomic E-state index is 0.754. The van der Waals surface area contributed by atoms with Gasteiger partial charge < -0.3 is 4.90 Å². The van der Waals surface area contributed by atoms with Crippen LogP contribution < -0.4 is 5.43 Å². The van der Waals surface area contributed by atoms with E-state index in [0.29, 0.717) is 0 Å². The third kappa shape index (κ3) is 3.59. The van der Waals surface area contributed by atoms with Crippen molar-refractivity contribution in [1.82, 2.24) is 15.3 Å². The fourth-order valence-corrected chi connectivity index (χ4v) is 3.49. The Morgan fingerprint density at radius 2 is 1.90 bits per heavy atom. The lowest BCUT2D eigenvalue weighted by molar-refractivity contribution is 0.326. The summed E-state index contributed by atoms with van der Waals surface area (Å²) in [4.78, 5) is 6.60. The van der Waals surface area contributed by atoms with Gasteiger partial charge in [0, 0.05) is 19.3 Å².